The van der Waals surface area contributed by atoms with Crippen molar-refractivity contribution in [3.05, 3.63) is 63.7 Å². The highest BCUT2D eigenvalue weighted by atomic mass is 16.6. The van der Waals surface area contributed by atoms with Crippen LogP contribution in [0.5, 0.6) is 5.75 Å². The second-order valence-electron chi connectivity index (χ2n) is 4.24. The van der Waals surface area contributed by atoms with Gasteiger partial charge in [-0.05, 0) is 24.1 Å². The van der Waals surface area contributed by atoms with Gasteiger partial charge in [-0.1, -0.05) is 25.1 Å². The number of para-hydroxylation sites is 1. The van der Waals surface area contributed by atoms with Crippen molar-refractivity contribution in [3.8, 4) is 5.75 Å². The van der Waals surface area contributed by atoms with E-state index in [9.17, 15) is 15.2 Å². The lowest BCUT2D eigenvalue weighted by Gasteiger charge is -2.02. The van der Waals surface area contributed by atoms with E-state index in [0.717, 1.165) is 17.7 Å². The predicted molar refractivity (Wildman–Crippen MR) is 77.8 cm³/mol. The number of phenolic OH excluding ortho intramolecular Hbond substituents is 1. The normalized spacial score (nSPS) is 10.8. The first-order valence-corrected chi connectivity index (χ1v) is 6.21. The Bertz CT molecular complexity index is 666. The molecule has 1 N–H and O–H groups in total. The van der Waals surface area contributed by atoms with Crippen molar-refractivity contribution in [3.63, 3.8) is 0 Å². The second-order valence-corrected chi connectivity index (χ2v) is 4.24. The number of nitro benzene ring substituents is 1. The lowest BCUT2D eigenvalue weighted by atomic mass is 10.1. The molecule has 0 aliphatic rings. The van der Waals surface area contributed by atoms with Gasteiger partial charge >= 0.3 is 0 Å². The van der Waals surface area contributed by atoms with E-state index in [1.807, 2.05) is 31.2 Å². The van der Waals surface area contributed by atoms with Crippen LogP contribution < -0.4 is 0 Å². The predicted octanol–water partition coefficient (Wildman–Crippen LogP) is 3.61. The van der Waals surface area contributed by atoms with Crippen LogP contribution in [0.15, 0.2) is 47.5 Å². The number of nitrogens with zero attached hydrogens (tertiary/aromatic N) is 2. The minimum Gasteiger partial charge on any atom is -0.507 e. The third kappa shape index (κ3) is 3.00. The van der Waals surface area contributed by atoms with E-state index in [4.69, 9.17) is 0 Å². The number of hydrogen-bond donors (Lipinski definition) is 1. The number of hydrogen-bond acceptors (Lipinski definition) is 4. The molecule has 5 nitrogen and oxygen atoms in total. The molecule has 2 aromatic rings. The average molecular weight is 270 g/mol. The van der Waals surface area contributed by atoms with Crippen molar-refractivity contribution in [2.75, 3.05) is 0 Å². The summed E-state index contributed by atoms with van der Waals surface area (Å²) in [5.41, 5.74) is 2.12. The van der Waals surface area contributed by atoms with Crippen molar-refractivity contribution in [1.82, 2.24) is 0 Å². The highest BCUT2D eigenvalue weighted by molar-refractivity contribution is 5.86. The summed E-state index contributed by atoms with van der Waals surface area (Å²) in [5, 5.41) is 20.4. The van der Waals surface area contributed by atoms with E-state index in [1.165, 1.54) is 24.4 Å². The molecule has 102 valence electrons. The Morgan fingerprint density at radius 3 is 2.75 bits per heavy atom. The summed E-state index contributed by atoms with van der Waals surface area (Å²) in [6.07, 6.45) is 2.28. The van der Waals surface area contributed by atoms with Crippen molar-refractivity contribution >= 4 is 17.6 Å². The number of aryl methyl sites for hydroxylation is 1. The lowest BCUT2D eigenvalue weighted by Crippen LogP contribution is -1.90. The van der Waals surface area contributed by atoms with E-state index >= 15 is 0 Å². The van der Waals surface area contributed by atoms with E-state index < -0.39 is 4.92 Å². The fraction of sp³-hybridized carbons (Fsp3) is 0.133. The van der Waals surface area contributed by atoms with Gasteiger partial charge in [0.25, 0.3) is 5.69 Å². The number of rotatable bonds is 4. The van der Waals surface area contributed by atoms with Gasteiger partial charge in [0.15, 0.2) is 0 Å². The molecule has 0 saturated carbocycles. The van der Waals surface area contributed by atoms with Crippen molar-refractivity contribution in [2.24, 2.45) is 4.99 Å². The maximum atomic E-state index is 10.7. The van der Waals surface area contributed by atoms with Crippen LogP contribution in [0.2, 0.25) is 0 Å². The Labute approximate surface area is 116 Å². The van der Waals surface area contributed by atoms with E-state index in [2.05, 4.69) is 4.99 Å². The molecule has 5 heteroatoms. The van der Waals surface area contributed by atoms with E-state index in [0.29, 0.717) is 5.56 Å². The zero-order chi connectivity index (χ0) is 14.5. The molecule has 0 aromatic heterocycles. The second kappa shape index (κ2) is 5.97. The van der Waals surface area contributed by atoms with Gasteiger partial charge in [-0.15, -0.1) is 0 Å². The number of nitro groups is 1. The van der Waals surface area contributed by atoms with Gasteiger partial charge < -0.3 is 5.11 Å². The molecule has 0 spiro atoms. The molecule has 0 bridgehead atoms. The lowest BCUT2D eigenvalue weighted by molar-refractivity contribution is -0.384. The standard InChI is InChI=1S/C15H14N2O3/c1-2-11-5-3-4-6-14(11)16-10-12-9-13(17(19)20)7-8-15(12)18/h3-10,18H,2H2,1H3. The monoisotopic (exact) mass is 270 g/mol. The minimum atomic E-state index is -0.503. The summed E-state index contributed by atoms with van der Waals surface area (Å²) in [6.45, 7) is 2.03. The summed E-state index contributed by atoms with van der Waals surface area (Å²) in [6, 6.07) is 11.5. The zero-order valence-corrected chi connectivity index (χ0v) is 11.0. The summed E-state index contributed by atoms with van der Waals surface area (Å²) >= 11 is 0. The Morgan fingerprint density at radius 1 is 1.30 bits per heavy atom. The smallest absolute Gasteiger partial charge is 0.270 e. The molecule has 0 saturated heterocycles. The molecule has 0 aliphatic carbocycles. The van der Waals surface area contributed by atoms with Gasteiger partial charge in [-0.25, -0.2) is 0 Å². The number of aromatic hydroxyl groups is 1. The fourth-order valence-electron chi connectivity index (χ4n) is 1.83. The molecule has 0 heterocycles. The highest BCUT2D eigenvalue weighted by Crippen LogP contribution is 2.23. The Kier molecular flexibility index (Phi) is 4.10. The first-order valence-electron chi connectivity index (χ1n) is 6.21. The average Bonchev–Trinajstić information content (AvgIpc) is 2.46. The molecule has 2 rings (SSSR count). The van der Waals surface area contributed by atoms with Gasteiger partial charge in [0, 0.05) is 23.9 Å². The van der Waals surface area contributed by atoms with Crippen molar-refractivity contribution in [2.45, 2.75) is 13.3 Å². The van der Waals surface area contributed by atoms with Gasteiger partial charge in [0.2, 0.25) is 0 Å². The summed E-state index contributed by atoms with van der Waals surface area (Å²) in [7, 11) is 0. The third-order valence-corrected chi connectivity index (χ3v) is 2.94. The Morgan fingerprint density at radius 2 is 2.05 bits per heavy atom. The van der Waals surface area contributed by atoms with Gasteiger partial charge in [-0.3, -0.25) is 15.1 Å². The molecule has 0 atom stereocenters. The highest BCUT2D eigenvalue weighted by Gasteiger charge is 2.08. The van der Waals surface area contributed by atoms with Crippen molar-refractivity contribution < 1.29 is 10.0 Å². The number of benzene rings is 2. The largest absolute Gasteiger partial charge is 0.507 e. The molecule has 0 amide bonds. The molecular weight excluding hydrogens is 256 g/mol. The van der Waals surface area contributed by atoms with Crippen LogP contribution in [-0.4, -0.2) is 16.2 Å². The first-order chi connectivity index (χ1) is 9.61. The van der Waals surface area contributed by atoms with Crippen LogP contribution in [0.1, 0.15) is 18.1 Å². The van der Waals surface area contributed by atoms with Crippen molar-refractivity contribution in [1.29, 1.82) is 0 Å². The SMILES string of the molecule is CCc1ccccc1N=Cc1cc([N+](=O)[O-])ccc1O. The summed E-state index contributed by atoms with van der Waals surface area (Å²) < 4.78 is 0. The maximum Gasteiger partial charge on any atom is 0.270 e. The third-order valence-electron chi connectivity index (χ3n) is 2.94. The Balaban J connectivity index is 2.36. The Hall–Kier alpha value is -2.69. The van der Waals surface area contributed by atoms with Gasteiger partial charge in [0.1, 0.15) is 5.75 Å². The van der Waals surface area contributed by atoms with Gasteiger partial charge in [-0.2, -0.15) is 0 Å². The molecular formula is C15H14N2O3. The number of phenols is 1. The van der Waals surface area contributed by atoms with E-state index in [1.54, 1.807) is 0 Å². The molecule has 0 aliphatic heterocycles. The topological polar surface area (TPSA) is 75.7 Å². The van der Waals surface area contributed by atoms with E-state index in [-0.39, 0.29) is 11.4 Å². The maximum absolute atomic E-state index is 10.7. The minimum absolute atomic E-state index is 0.0340. The number of non-ortho nitro benzene ring substituents is 1. The fourth-order valence-corrected chi connectivity index (χ4v) is 1.83. The first kappa shape index (κ1) is 13.7. The quantitative estimate of drug-likeness (QED) is 0.523. The van der Waals surface area contributed by atoms with Crippen LogP contribution in [0, 0.1) is 10.1 Å². The number of aliphatic imine (C=N–C) groups is 1. The zero-order valence-electron chi connectivity index (χ0n) is 11.0. The van der Waals surface area contributed by atoms with Crippen LogP contribution in [0.4, 0.5) is 11.4 Å². The summed E-state index contributed by atoms with van der Waals surface area (Å²) in [5.74, 6) is -0.0340. The molecule has 2 aromatic carbocycles. The molecule has 0 unspecified atom stereocenters. The summed E-state index contributed by atoms with van der Waals surface area (Å²) in [4.78, 5) is 14.5. The molecule has 0 radical (unpaired) electrons. The van der Waals surface area contributed by atoms with Crippen LogP contribution in [-0.2, 0) is 6.42 Å². The van der Waals surface area contributed by atoms with Gasteiger partial charge in [0.05, 0.1) is 10.6 Å². The van der Waals surface area contributed by atoms with Crippen LogP contribution in [0.3, 0.4) is 0 Å². The van der Waals surface area contributed by atoms with Crippen LogP contribution >= 0.6 is 0 Å². The molecule has 20 heavy (non-hydrogen) atoms. The molecule has 0 fully saturated rings. The van der Waals surface area contributed by atoms with Crippen LogP contribution in [0.25, 0.3) is 0 Å².